The lowest BCUT2D eigenvalue weighted by Gasteiger charge is -2.29. The maximum absolute atomic E-state index is 15.1. The average molecular weight is 475 g/mol. The lowest BCUT2D eigenvalue weighted by Crippen LogP contribution is -2.24. The van der Waals surface area contributed by atoms with Crippen LogP contribution in [0.5, 0.6) is 0 Å². The molecule has 2 fully saturated rings. The number of hydrogen-bond donors (Lipinski definition) is 0. The van der Waals surface area contributed by atoms with Gasteiger partial charge in [-0.2, -0.15) is 0 Å². The highest BCUT2D eigenvalue weighted by Crippen LogP contribution is 2.41. The van der Waals surface area contributed by atoms with Gasteiger partial charge in [0.05, 0.1) is 12.7 Å². The van der Waals surface area contributed by atoms with Gasteiger partial charge >= 0.3 is 0 Å². The molecule has 0 aromatic heterocycles. The Kier molecular flexibility index (Phi) is 8.13. The van der Waals surface area contributed by atoms with Gasteiger partial charge in [-0.15, -0.1) is 0 Å². The molecule has 184 valence electrons. The standard InChI is InChI=1S/C29H34F4O/c1-3-5-18-7-9-19(10-8-18)22-13-15-24(28(32)26(22)30)25-16-14-23(27(31)29(25)33)20-11-12-21(6-4-2)34-17-20/h4,6,13-16,18-21H,3,5,7-12,17H2,1-2H3/b6-4+. The summed E-state index contributed by atoms with van der Waals surface area (Å²) in [5.41, 5.74) is 0.0848. The van der Waals surface area contributed by atoms with E-state index in [1.165, 1.54) is 24.6 Å². The van der Waals surface area contributed by atoms with Crippen molar-refractivity contribution in [2.24, 2.45) is 5.92 Å². The van der Waals surface area contributed by atoms with Crippen LogP contribution in [-0.4, -0.2) is 12.7 Å². The second kappa shape index (κ2) is 11.1. The van der Waals surface area contributed by atoms with Gasteiger partial charge in [0.25, 0.3) is 0 Å². The minimum atomic E-state index is -1.14. The predicted octanol–water partition coefficient (Wildman–Crippen LogP) is 8.82. The van der Waals surface area contributed by atoms with Crippen LogP contribution in [0.4, 0.5) is 17.6 Å². The lowest BCUT2D eigenvalue weighted by molar-refractivity contribution is 0.0317. The SMILES string of the molecule is C/C=C/C1CCC(c2ccc(-c3ccc(C4CCC(CCC)CC4)c(F)c3F)c(F)c2F)CO1. The van der Waals surface area contributed by atoms with Crippen LogP contribution in [0.3, 0.4) is 0 Å². The third-order valence-corrected chi connectivity index (χ3v) is 7.66. The van der Waals surface area contributed by atoms with Gasteiger partial charge in [0.15, 0.2) is 23.3 Å². The maximum Gasteiger partial charge on any atom is 0.167 e. The molecule has 0 N–H and O–H groups in total. The summed E-state index contributed by atoms with van der Waals surface area (Å²) in [5.74, 6) is -3.82. The minimum Gasteiger partial charge on any atom is -0.374 e. The molecule has 34 heavy (non-hydrogen) atoms. The fraction of sp³-hybridized carbons (Fsp3) is 0.517. The van der Waals surface area contributed by atoms with Gasteiger partial charge < -0.3 is 4.74 Å². The normalized spacial score (nSPS) is 25.7. The zero-order valence-electron chi connectivity index (χ0n) is 20.1. The second-order valence-electron chi connectivity index (χ2n) is 9.84. The third-order valence-electron chi connectivity index (χ3n) is 7.66. The number of ether oxygens (including phenoxy) is 1. The highest BCUT2D eigenvalue weighted by Gasteiger charge is 2.29. The molecule has 1 aliphatic carbocycles. The van der Waals surface area contributed by atoms with E-state index < -0.39 is 23.3 Å². The average Bonchev–Trinajstić information content (AvgIpc) is 2.85. The third kappa shape index (κ3) is 5.10. The molecule has 2 aromatic carbocycles. The van der Waals surface area contributed by atoms with Crippen LogP contribution < -0.4 is 0 Å². The van der Waals surface area contributed by atoms with E-state index in [0.717, 1.165) is 38.5 Å². The number of hydrogen-bond acceptors (Lipinski definition) is 1. The molecule has 0 amide bonds. The Balaban J connectivity index is 1.54. The minimum absolute atomic E-state index is 0.00860. The van der Waals surface area contributed by atoms with Gasteiger partial charge in [0.2, 0.25) is 0 Å². The molecule has 4 rings (SSSR count). The second-order valence-corrected chi connectivity index (χ2v) is 9.84. The molecule has 1 saturated carbocycles. The van der Waals surface area contributed by atoms with Crippen molar-refractivity contribution in [2.75, 3.05) is 6.61 Å². The summed E-state index contributed by atoms with van der Waals surface area (Å²) in [7, 11) is 0. The van der Waals surface area contributed by atoms with Gasteiger partial charge in [0.1, 0.15) is 0 Å². The summed E-state index contributed by atoms with van der Waals surface area (Å²) in [5, 5.41) is 0. The topological polar surface area (TPSA) is 9.23 Å². The molecule has 1 heterocycles. The van der Waals surface area contributed by atoms with E-state index in [4.69, 9.17) is 4.74 Å². The molecule has 1 aliphatic heterocycles. The quantitative estimate of drug-likeness (QED) is 0.300. The zero-order valence-corrected chi connectivity index (χ0v) is 20.1. The van der Waals surface area contributed by atoms with Crippen LogP contribution >= 0.6 is 0 Å². The largest absolute Gasteiger partial charge is 0.374 e. The smallest absolute Gasteiger partial charge is 0.167 e. The zero-order chi connectivity index (χ0) is 24.2. The van der Waals surface area contributed by atoms with E-state index in [1.807, 2.05) is 19.1 Å². The first-order valence-electron chi connectivity index (χ1n) is 12.6. The number of halogens is 4. The molecule has 0 radical (unpaired) electrons. The summed E-state index contributed by atoms with van der Waals surface area (Å²) in [6.45, 7) is 4.37. The molecule has 2 aromatic rings. The van der Waals surface area contributed by atoms with Crippen molar-refractivity contribution in [2.45, 2.75) is 83.2 Å². The molecule has 2 unspecified atom stereocenters. The Morgan fingerprint density at radius 3 is 1.82 bits per heavy atom. The van der Waals surface area contributed by atoms with E-state index in [0.29, 0.717) is 24.5 Å². The molecule has 1 nitrogen and oxygen atoms in total. The Morgan fingerprint density at radius 2 is 1.32 bits per heavy atom. The van der Waals surface area contributed by atoms with E-state index in [-0.39, 0.29) is 34.6 Å². The summed E-state index contributed by atoms with van der Waals surface area (Å²) in [6, 6.07) is 5.80. The maximum atomic E-state index is 15.1. The molecule has 0 bridgehead atoms. The number of rotatable bonds is 6. The van der Waals surface area contributed by atoms with E-state index in [9.17, 15) is 0 Å². The molecule has 5 heteroatoms. The van der Waals surface area contributed by atoms with Crippen molar-refractivity contribution >= 4 is 0 Å². The van der Waals surface area contributed by atoms with E-state index >= 15 is 17.6 Å². The molecular weight excluding hydrogens is 440 g/mol. The van der Waals surface area contributed by atoms with Gasteiger partial charge in [-0.3, -0.25) is 0 Å². The van der Waals surface area contributed by atoms with Crippen molar-refractivity contribution in [3.05, 3.63) is 70.8 Å². The molecule has 0 spiro atoms. The Labute approximate surface area is 200 Å². The van der Waals surface area contributed by atoms with Crippen molar-refractivity contribution in [3.63, 3.8) is 0 Å². The van der Waals surface area contributed by atoms with Crippen molar-refractivity contribution in [1.29, 1.82) is 0 Å². The van der Waals surface area contributed by atoms with Gasteiger partial charge in [0, 0.05) is 17.0 Å². The summed E-state index contributed by atoms with van der Waals surface area (Å²) in [6.07, 6.45) is 11.3. The Hall–Kier alpha value is -2.14. The van der Waals surface area contributed by atoms with Crippen molar-refractivity contribution in [3.8, 4) is 11.1 Å². The Morgan fingerprint density at radius 1 is 0.765 bits per heavy atom. The predicted molar refractivity (Wildman–Crippen MR) is 128 cm³/mol. The van der Waals surface area contributed by atoms with Crippen molar-refractivity contribution < 1.29 is 22.3 Å². The fourth-order valence-electron chi connectivity index (χ4n) is 5.73. The first kappa shape index (κ1) is 25.0. The van der Waals surface area contributed by atoms with Gasteiger partial charge in [-0.25, -0.2) is 17.6 Å². The van der Waals surface area contributed by atoms with Crippen LogP contribution in [-0.2, 0) is 4.74 Å². The van der Waals surface area contributed by atoms with Gasteiger partial charge in [-0.1, -0.05) is 56.2 Å². The van der Waals surface area contributed by atoms with E-state index in [1.54, 1.807) is 6.07 Å². The molecule has 2 aliphatic rings. The number of benzene rings is 2. The summed E-state index contributed by atoms with van der Waals surface area (Å²) < 4.78 is 66.0. The molecule has 1 saturated heterocycles. The Bertz CT molecular complexity index is 1020. The fourth-order valence-corrected chi connectivity index (χ4v) is 5.73. The first-order valence-corrected chi connectivity index (χ1v) is 12.6. The van der Waals surface area contributed by atoms with Crippen LogP contribution in [0, 0.1) is 29.2 Å². The van der Waals surface area contributed by atoms with Crippen molar-refractivity contribution in [1.82, 2.24) is 0 Å². The monoisotopic (exact) mass is 474 g/mol. The van der Waals surface area contributed by atoms with Gasteiger partial charge in [-0.05, 0) is 68.4 Å². The summed E-state index contributed by atoms with van der Waals surface area (Å²) in [4.78, 5) is 0. The summed E-state index contributed by atoms with van der Waals surface area (Å²) >= 11 is 0. The lowest BCUT2D eigenvalue weighted by atomic mass is 9.77. The van der Waals surface area contributed by atoms with Crippen LogP contribution in [0.25, 0.3) is 11.1 Å². The van der Waals surface area contributed by atoms with Crippen LogP contribution in [0.1, 0.15) is 88.2 Å². The van der Waals surface area contributed by atoms with Crippen LogP contribution in [0.2, 0.25) is 0 Å². The first-order chi connectivity index (χ1) is 16.4. The van der Waals surface area contributed by atoms with E-state index in [2.05, 4.69) is 6.92 Å². The van der Waals surface area contributed by atoms with Crippen LogP contribution in [0.15, 0.2) is 36.4 Å². The highest BCUT2D eigenvalue weighted by atomic mass is 19.2. The molecular formula is C29H34F4O. The highest BCUT2D eigenvalue weighted by molar-refractivity contribution is 5.66. The molecule has 2 atom stereocenters. The number of allylic oxidation sites excluding steroid dienone is 1.